The summed E-state index contributed by atoms with van der Waals surface area (Å²) in [5.74, 6) is -1.01. The first-order valence-corrected chi connectivity index (χ1v) is 8.22. The van der Waals surface area contributed by atoms with E-state index in [9.17, 15) is 8.78 Å². The average molecular weight is 368 g/mol. The summed E-state index contributed by atoms with van der Waals surface area (Å²) in [5.41, 5.74) is 1.44. The number of thiazole rings is 1. The zero-order chi connectivity index (χ0) is 15.0. The highest BCUT2D eigenvalue weighted by Crippen LogP contribution is 2.34. The predicted molar refractivity (Wildman–Crippen MR) is 86.1 cm³/mol. The van der Waals surface area contributed by atoms with Crippen LogP contribution < -0.4 is 0 Å². The molecule has 0 aliphatic carbocycles. The van der Waals surface area contributed by atoms with Crippen molar-refractivity contribution in [3.05, 3.63) is 64.2 Å². The Morgan fingerprint density at radius 3 is 2.71 bits per heavy atom. The van der Waals surface area contributed by atoms with Crippen molar-refractivity contribution in [3.63, 3.8) is 0 Å². The summed E-state index contributed by atoms with van der Waals surface area (Å²) in [4.78, 5) is 4.07. The molecule has 0 saturated carbocycles. The van der Waals surface area contributed by atoms with E-state index >= 15 is 0 Å². The molecule has 1 atom stereocenters. The standard InChI is InChI=1S/C16H12BrF2NS/c1-9-6-7-11(18)15(16(9)19)10(17)8-14-20-12-4-2-3-5-13(12)21-14/h2-7,10H,8H2,1H3. The molecule has 0 aliphatic heterocycles. The first kappa shape index (κ1) is 14.6. The van der Waals surface area contributed by atoms with Gasteiger partial charge in [-0.25, -0.2) is 13.8 Å². The van der Waals surface area contributed by atoms with Gasteiger partial charge in [-0.1, -0.05) is 34.1 Å². The monoisotopic (exact) mass is 367 g/mol. The van der Waals surface area contributed by atoms with E-state index in [1.54, 1.807) is 18.3 Å². The predicted octanol–water partition coefficient (Wildman–Crippen LogP) is 5.56. The number of aryl methyl sites for hydroxylation is 1. The van der Waals surface area contributed by atoms with Gasteiger partial charge >= 0.3 is 0 Å². The normalized spacial score (nSPS) is 12.8. The number of hydrogen-bond acceptors (Lipinski definition) is 2. The van der Waals surface area contributed by atoms with E-state index in [2.05, 4.69) is 20.9 Å². The molecule has 0 fully saturated rings. The van der Waals surface area contributed by atoms with Crippen LogP contribution in [0.5, 0.6) is 0 Å². The zero-order valence-corrected chi connectivity index (χ0v) is 13.6. The number of para-hydroxylation sites is 1. The van der Waals surface area contributed by atoms with Gasteiger partial charge in [-0.2, -0.15) is 0 Å². The first-order chi connectivity index (χ1) is 10.1. The van der Waals surface area contributed by atoms with Crippen molar-refractivity contribution in [1.82, 2.24) is 4.98 Å². The van der Waals surface area contributed by atoms with Crippen LogP contribution in [0.1, 0.15) is 21.0 Å². The topological polar surface area (TPSA) is 12.9 Å². The number of aromatic nitrogens is 1. The largest absolute Gasteiger partial charge is 0.241 e. The lowest BCUT2D eigenvalue weighted by Gasteiger charge is -2.12. The lowest BCUT2D eigenvalue weighted by Crippen LogP contribution is -2.03. The summed E-state index contributed by atoms with van der Waals surface area (Å²) in [6.07, 6.45) is 0.455. The number of nitrogens with zero attached hydrogens (tertiary/aromatic N) is 1. The highest BCUT2D eigenvalue weighted by Gasteiger charge is 2.21. The maximum Gasteiger partial charge on any atom is 0.133 e. The number of halogens is 3. The molecular weight excluding hydrogens is 356 g/mol. The van der Waals surface area contributed by atoms with Gasteiger partial charge in [0.15, 0.2) is 0 Å². The van der Waals surface area contributed by atoms with Gasteiger partial charge in [0, 0.05) is 12.0 Å². The van der Waals surface area contributed by atoms with Gasteiger partial charge in [0.2, 0.25) is 0 Å². The molecule has 3 rings (SSSR count). The van der Waals surface area contributed by atoms with Gasteiger partial charge in [-0.3, -0.25) is 0 Å². The van der Waals surface area contributed by atoms with Crippen LogP contribution in [-0.2, 0) is 6.42 Å². The van der Waals surface area contributed by atoms with E-state index in [-0.39, 0.29) is 5.56 Å². The molecule has 0 spiro atoms. The van der Waals surface area contributed by atoms with Gasteiger partial charge in [0.25, 0.3) is 0 Å². The zero-order valence-electron chi connectivity index (χ0n) is 11.2. The second-order valence-corrected chi connectivity index (χ2v) is 7.06. The van der Waals surface area contributed by atoms with Crippen LogP contribution in [0.4, 0.5) is 8.78 Å². The average Bonchev–Trinajstić information content (AvgIpc) is 2.85. The minimum atomic E-state index is -0.527. The number of alkyl halides is 1. The molecule has 0 radical (unpaired) electrons. The Labute approximate surface area is 133 Å². The van der Waals surface area contributed by atoms with E-state index in [0.717, 1.165) is 15.2 Å². The summed E-state index contributed by atoms with van der Waals surface area (Å²) >= 11 is 4.95. The fourth-order valence-corrected chi connectivity index (χ4v) is 4.18. The van der Waals surface area contributed by atoms with Crippen molar-refractivity contribution in [1.29, 1.82) is 0 Å². The van der Waals surface area contributed by atoms with Gasteiger partial charge in [0.1, 0.15) is 11.6 Å². The van der Waals surface area contributed by atoms with Crippen molar-refractivity contribution in [3.8, 4) is 0 Å². The Morgan fingerprint density at radius 1 is 1.19 bits per heavy atom. The summed E-state index contributed by atoms with van der Waals surface area (Å²) in [6, 6.07) is 10.6. The molecule has 0 amide bonds. The van der Waals surface area contributed by atoms with Crippen molar-refractivity contribution < 1.29 is 8.78 Å². The molecule has 21 heavy (non-hydrogen) atoms. The quantitative estimate of drug-likeness (QED) is 0.552. The number of fused-ring (bicyclic) bond motifs is 1. The maximum atomic E-state index is 14.1. The van der Waals surface area contributed by atoms with Crippen LogP contribution in [0.2, 0.25) is 0 Å². The smallest absolute Gasteiger partial charge is 0.133 e. The number of hydrogen-bond donors (Lipinski definition) is 0. The summed E-state index contributed by atoms with van der Waals surface area (Å²) in [6.45, 7) is 1.63. The van der Waals surface area contributed by atoms with E-state index in [4.69, 9.17) is 0 Å². The van der Waals surface area contributed by atoms with Crippen molar-refractivity contribution >= 4 is 37.5 Å². The summed E-state index contributed by atoms with van der Waals surface area (Å²) in [5, 5.41) is 0.860. The minimum Gasteiger partial charge on any atom is -0.241 e. The Bertz CT molecular complexity index is 767. The van der Waals surface area contributed by atoms with Gasteiger partial charge in [-0.05, 0) is 30.7 Å². The van der Waals surface area contributed by atoms with E-state index in [1.807, 2.05) is 24.3 Å². The third-order valence-electron chi connectivity index (χ3n) is 3.32. The molecule has 0 saturated heterocycles. The Balaban J connectivity index is 1.93. The van der Waals surface area contributed by atoms with Crippen molar-refractivity contribution in [2.75, 3.05) is 0 Å². The molecule has 2 aromatic carbocycles. The SMILES string of the molecule is Cc1ccc(F)c(C(Br)Cc2nc3ccccc3s2)c1F. The van der Waals surface area contributed by atoms with Crippen LogP contribution >= 0.6 is 27.3 Å². The molecule has 5 heteroatoms. The van der Waals surface area contributed by atoms with Crippen LogP contribution in [0.15, 0.2) is 36.4 Å². The van der Waals surface area contributed by atoms with Crippen molar-refractivity contribution in [2.24, 2.45) is 0 Å². The lowest BCUT2D eigenvalue weighted by molar-refractivity contribution is 0.548. The van der Waals surface area contributed by atoms with Gasteiger partial charge in [0.05, 0.1) is 20.1 Å². The van der Waals surface area contributed by atoms with E-state index in [1.165, 1.54) is 12.1 Å². The molecule has 1 aromatic heterocycles. The maximum absolute atomic E-state index is 14.1. The third-order valence-corrected chi connectivity index (χ3v) is 5.17. The molecule has 1 unspecified atom stereocenters. The Kier molecular flexibility index (Phi) is 4.04. The van der Waals surface area contributed by atoms with Crippen molar-refractivity contribution in [2.45, 2.75) is 18.2 Å². The summed E-state index contributed by atoms with van der Waals surface area (Å²) < 4.78 is 29.1. The summed E-state index contributed by atoms with van der Waals surface area (Å²) in [7, 11) is 0. The molecule has 3 aromatic rings. The van der Waals surface area contributed by atoms with Crippen LogP contribution in [0, 0.1) is 18.6 Å². The number of benzene rings is 2. The van der Waals surface area contributed by atoms with Crippen LogP contribution in [0.3, 0.4) is 0 Å². The molecule has 0 aliphatic rings. The Hall–Kier alpha value is -1.33. The fourth-order valence-electron chi connectivity index (χ4n) is 2.23. The highest BCUT2D eigenvalue weighted by atomic mass is 79.9. The molecule has 108 valence electrons. The molecular formula is C16H12BrF2NS. The Morgan fingerprint density at radius 2 is 1.95 bits per heavy atom. The van der Waals surface area contributed by atoms with E-state index < -0.39 is 16.5 Å². The van der Waals surface area contributed by atoms with E-state index in [0.29, 0.717) is 12.0 Å². The van der Waals surface area contributed by atoms with Crippen LogP contribution in [0.25, 0.3) is 10.2 Å². The second kappa shape index (κ2) is 5.81. The van der Waals surface area contributed by atoms with Gasteiger partial charge in [-0.15, -0.1) is 11.3 Å². The first-order valence-electron chi connectivity index (χ1n) is 6.49. The number of rotatable bonds is 3. The third kappa shape index (κ3) is 2.85. The molecule has 0 bridgehead atoms. The van der Waals surface area contributed by atoms with Gasteiger partial charge < -0.3 is 0 Å². The molecule has 1 nitrogen and oxygen atoms in total. The lowest BCUT2D eigenvalue weighted by atomic mass is 10.1. The fraction of sp³-hybridized carbons (Fsp3) is 0.188. The molecule has 1 heterocycles. The minimum absolute atomic E-state index is 0.0780. The second-order valence-electron chi connectivity index (χ2n) is 4.84. The van der Waals surface area contributed by atoms with Crippen LogP contribution in [-0.4, -0.2) is 4.98 Å². The highest BCUT2D eigenvalue weighted by molar-refractivity contribution is 9.09. The molecule has 0 N–H and O–H groups in total.